The first kappa shape index (κ1) is 21.7. The first-order chi connectivity index (χ1) is 17.1. The molecule has 0 unspecified atom stereocenters. The van der Waals surface area contributed by atoms with Crippen molar-refractivity contribution in [2.24, 2.45) is 0 Å². The zero-order valence-electron chi connectivity index (χ0n) is 18.6. The van der Waals surface area contributed by atoms with E-state index in [1.165, 1.54) is 11.8 Å². The molecule has 0 aromatic carbocycles. The molecule has 2 aliphatic rings. The summed E-state index contributed by atoms with van der Waals surface area (Å²) in [4.78, 5) is 23.9. The third-order valence-corrected chi connectivity index (χ3v) is 6.20. The van der Waals surface area contributed by atoms with Crippen LogP contribution in [0.1, 0.15) is 24.3 Å². The van der Waals surface area contributed by atoms with Gasteiger partial charge in [0.2, 0.25) is 11.8 Å². The molecule has 0 amide bonds. The Balaban J connectivity index is 1.43. The summed E-state index contributed by atoms with van der Waals surface area (Å²) in [5.41, 5.74) is 2.53. The van der Waals surface area contributed by atoms with E-state index in [2.05, 4.69) is 30.5 Å². The van der Waals surface area contributed by atoms with Gasteiger partial charge < -0.3 is 15.5 Å². The van der Waals surface area contributed by atoms with Gasteiger partial charge in [0.25, 0.3) is 0 Å². The minimum absolute atomic E-state index is 0.149. The number of piperazine rings is 1. The summed E-state index contributed by atoms with van der Waals surface area (Å²) in [5.74, 6) is -2.42. The highest BCUT2D eigenvalue weighted by Crippen LogP contribution is 2.44. The molecule has 1 aliphatic heterocycles. The minimum atomic E-state index is -1.34. The minimum Gasteiger partial charge on any atom is -0.353 e. The SMILES string of the molecule is Fc1cc(F)c(F)c(Nc2cc(-c3nc(N4CCNCC4)c4c(C5CC5)cncc4n3)ccn2)n1. The third kappa shape index (κ3) is 4.23. The normalized spacial score (nSPS) is 16.0. The Labute approximate surface area is 198 Å². The molecular formula is C24H21F3N8. The topological polar surface area (TPSA) is 91.8 Å². The predicted octanol–water partition coefficient (Wildman–Crippen LogP) is 3.93. The first-order valence-corrected chi connectivity index (χ1v) is 11.4. The van der Waals surface area contributed by atoms with Crippen molar-refractivity contribution in [1.82, 2.24) is 30.2 Å². The maximum Gasteiger partial charge on any atom is 0.217 e. The summed E-state index contributed by atoms with van der Waals surface area (Å²) in [6.07, 6.45) is 7.42. The standard InChI is InChI=1S/C24H21F3N8/c25-16-10-18(26)32-23(21(16)27)33-19-9-14(3-4-30-19)22-31-17-12-29-11-15(13-1-2-13)20(17)24(34-22)35-7-5-28-6-8-35/h3-4,9-13,28H,1-2,5-8H2,(H,30,32,33). The molecule has 5 heterocycles. The van der Waals surface area contributed by atoms with Crippen LogP contribution in [0.25, 0.3) is 22.3 Å². The van der Waals surface area contributed by atoms with Gasteiger partial charge >= 0.3 is 0 Å². The number of hydrogen-bond acceptors (Lipinski definition) is 8. The van der Waals surface area contributed by atoms with Gasteiger partial charge in [-0.15, -0.1) is 0 Å². The van der Waals surface area contributed by atoms with Crippen LogP contribution in [-0.2, 0) is 0 Å². The lowest BCUT2D eigenvalue weighted by atomic mass is 10.1. The lowest BCUT2D eigenvalue weighted by molar-refractivity contribution is 0.483. The molecule has 6 rings (SSSR count). The number of rotatable bonds is 5. The number of hydrogen-bond donors (Lipinski definition) is 2. The molecule has 0 bridgehead atoms. The van der Waals surface area contributed by atoms with E-state index in [1.54, 1.807) is 18.3 Å². The highest BCUT2D eigenvalue weighted by Gasteiger charge is 2.29. The highest BCUT2D eigenvalue weighted by atomic mass is 19.2. The lowest BCUT2D eigenvalue weighted by Gasteiger charge is -2.30. The molecule has 2 fully saturated rings. The smallest absolute Gasteiger partial charge is 0.217 e. The molecule has 1 saturated heterocycles. The second-order valence-corrected chi connectivity index (χ2v) is 8.65. The summed E-state index contributed by atoms with van der Waals surface area (Å²) in [7, 11) is 0. The molecule has 11 heteroatoms. The van der Waals surface area contributed by atoms with E-state index in [0.29, 0.717) is 23.4 Å². The van der Waals surface area contributed by atoms with Crippen molar-refractivity contribution in [2.75, 3.05) is 36.4 Å². The van der Waals surface area contributed by atoms with Crippen molar-refractivity contribution >= 4 is 28.4 Å². The maximum atomic E-state index is 14.1. The fraction of sp³-hybridized carbons (Fsp3) is 0.292. The molecule has 178 valence electrons. The molecule has 1 saturated carbocycles. The molecule has 4 aromatic rings. The van der Waals surface area contributed by atoms with Gasteiger partial charge in [0, 0.05) is 55.6 Å². The number of pyridine rings is 3. The van der Waals surface area contributed by atoms with Gasteiger partial charge in [0.15, 0.2) is 17.5 Å². The van der Waals surface area contributed by atoms with E-state index in [9.17, 15) is 13.2 Å². The number of fused-ring (bicyclic) bond motifs is 1. The molecule has 4 aromatic heterocycles. The van der Waals surface area contributed by atoms with Crippen LogP contribution in [0, 0.1) is 17.6 Å². The van der Waals surface area contributed by atoms with Gasteiger partial charge in [-0.2, -0.15) is 13.8 Å². The summed E-state index contributed by atoms with van der Waals surface area (Å²) in [6, 6.07) is 3.70. The van der Waals surface area contributed by atoms with E-state index < -0.39 is 23.4 Å². The van der Waals surface area contributed by atoms with Crippen molar-refractivity contribution in [3.05, 3.63) is 59.9 Å². The van der Waals surface area contributed by atoms with E-state index in [-0.39, 0.29) is 5.82 Å². The number of nitrogens with one attached hydrogen (secondary N) is 2. The van der Waals surface area contributed by atoms with E-state index >= 15 is 0 Å². The molecule has 0 radical (unpaired) electrons. The number of halogens is 3. The third-order valence-electron chi connectivity index (χ3n) is 6.20. The van der Waals surface area contributed by atoms with E-state index in [1.807, 2.05) is 6.20 Å². The van der Waals surface area contributed by atoms with Crippen LogP contribution >= 0.6 is 0 Å². The molecule has 35 heavy (non-hydrogen) atoms. The number of anilines is 3. The Hall–Kier alpha value is -3.86. The Morgan fingerprint density at radius 2 is 1.83 bits per heavy atom. The van der Waals surface area contributed by atoms with Crippen molar-refractivity contribution in [3.63, 3.8) is 0 Å². The zero-order chi connectivity index (χ0) is 23.9. The Morgan fingerprint density at radius 1 is 1.00 bits per heavy atom. The number of nitrogens with zero attached hydrogens (tertiary/aromatic N) is 6. The molecule has 8 nitrogen and oxygen atoms in total. The van der Waals surface area contributed by atoms with Gasteiger partial charge in [-0.25, -0.2) is 19.3 Å². The van der Waals surface area contributed by atoms with Crippen LogP contribution in [-0.4, -0.2) is 51.1 Å². The quantitative estimate of drug-likeness (QED) is 0.417. The molecule has 2 N–H and O–H groups in total. The lowest BCUT2D eigenvalue weighted by Crippen LogP contribution is -2.44. The van der Waals surface area contributed by atoms with Crippen LogP contribution in [0.15, 0.2) is 36.8 Å². The van der Waals surface area contributed by atoms with Crippen LogP contribution in [0.3, 0.4) is 0 Å². The van der Waals surface area contributed by atoms with Gasteiger partial charge in [-0.05, 0) is 36.5 Å². The Morgan fingerprint density at radius 3 is 2.63 bits per heavy atom. The second-order valence-electron chi connectivity index (χ2n) is 8.65. The summed E-state index contributed by atoms with van der Waals surface area (Å²) in [5, 5.41) is 6.95. The second kappa shape index (κ2) is 8.73. The fourth-order valence-electron chi connectivity index (χ4n) is 4.34. The van der Waals surface area contributed by atoms with Crippen LogP contribution < -0.4 is 15.5 Å². The van der Waals surface area contributed by atoms with Crippen molar-refractivity contribution in [3.8, 4) is 11.4 Å². The highest BCUT2D eigenvalue weighted by molar-refractivity contribution is 5.94. The fourth-order valence-corrected chi connectivity index (χ4v) is 4.34. The molecule has 0 atom stereocenters. The average molecular weight is 478 g/mol. The summed E-state index contributed by atoms with van der Waals surface area (Å²) < 4.78 is 41.2. The van der Waals surface area contributed by atoms with Crippen molar-refractivity contribution in [1.29, 1.82) is 0 Å². The largest absolute Gasteiger partial charge is 0.353 e. The van der Waals surface area contributed by atoms with Gasteiger partial charge in [0.1, 0.15) is 11.6 Å². The van der Waals surface area contributed by atoms with E-state index in [0.717, 1.165) is 55.7 Å². The average Bonchev–Trinajstić information content (AvgIpc) is 3.72. The van der Waals surface area contributed by atoms with Crippen LogP contribution in [0.4, 0.5) is 30.6 Å². The molecular weight excluding hydrogens is 457 g/mol. The van der Waals surface area contributed by atoms with Gasteiger partial charge in [-0.3, -0.25) is 4.98 Å². The van der Waals surface area contributed by atoms with Crippen LogP contribution in [0.2, 0.25) is 0 Å². The maximum absolute atomic E-state index is 14.1. The van der Waals surface area contributed by atoms with Gasteiger partial charge in [0.05, 0.1) is 11.7 Å². The van der Waals surface area contributed by atoms with E-state index in [4.69, 9.17) is 9.97 Å². The Kier molecular flexibility index (Phi) is 5.40. The summed E-state index contributed by atoms with van der Waals surface area (Å²) >= 11 is 0. The zero-order valence-corrected chi connectivity index (χ0v) is 18.6. The number of aromatic nitrogens is 5. The van der Waals surface area contributed by atoms with Crippen LogP contribution in [0.5, 0.6) is 0 Å². The Bertz CT molecular complexity index is 1420. The first-order valence-electron chi connectivity index (χ1n) is 11.4. The molecule has 0 spiro atoms. The molecule has 1 aliphatic carbocycles. The monoisotopic (exact) mass is 478 g/mol. The van der Waals surface area contributed by atoms with Crippen molar-refractivity contribution < 1.29 is 13.2 Å². The predicted molar refractivity (Wildman–Crippen MR) is 125 cm³/mol. The summed E-state index contributed by atoms with van der Waals surface area (Å²) in [6.45, 7) is 3.35. The van der Waals surface area contributed by atoms with Gasteiger partial charge in [-0.1, -0.05) is 0 Å². The van der Waals surface area contributed by atoms with Crippen molar-refractivity contribution in [2.45, 2.75) is 18.8 Å².